The van der Waals surface area contributed by atoms with E-state index in [1.54, 1.807) is 0 Å². The van der Waals surface area contributed by atoms with Gasteiger partial charge in [0.1, 0.15) is 11.6 Å². The van der Waals surface area contributed by atoms with Gasteiger partial charge in [-0.05, 0) is 19.8 Å². The van der Waals surface area contributed by atoms with Gasteiger partial charge in [0, 0.05) is 12.1 Å². The summed E-state index contributed by atoms with van der Waals surface area (Å²) in [5.74, 6) is 0.651. The van der Waals surface area contributed by atoms with Crippen molar-refractivity contribution < 1.29 is 4.79 Å². The van der Waals surface area contributed by atoms with E-state index in [0.29, 0.717) is 22.8 Å². The van der Waals surface area contributed by atoms with E-state index < -0.39 is 0 Å². The fraction of sp³-hybridized carbons (Fsp3) is 0.583. The summed E-state index contributed by atoms with van der Waals surface area (Å²) in [6.45, 7) is 1.83. The summed E-state index contributed by atoms with van der Waals surface area (Å²) in [5, 5.41) is 3.22. The minimum Gasteiger partial charge on any atom is -0.383 e. The number of carbonyl (C=O) groups excluding carboxylic acids is 1. The van der Waals surface area contributed by atoms with Gasteiger partial charge in [0.05, 0.1) is 5.25 Å². The van der Waals surface area contributed by atoms with Crippen molar-refractivity contribution >= 4 is 29.3 Å². The van der Waals surface area contributed by atoms with Gasteiger partial charge in [0.2, 0.25) is 5.91 Å². The minimum absolute atomic E-state index is 0.0153. The first kappa shape index (κ1) is 13.9. The van der Waals surface area contributed by atoms with Crippen LogP contribution in [0.4, 0.5) is 11.6 Å². The first-order chi connectivity index (χ1) is 9.04. The molecule has 1 fully saturated rings. The smallest absolute Gasteiger partial charge is 0.233 e. The average molecular weight is 281 g/mol. The van der Waals surface area contributed by atoms with Crippen molar-refractivity contribution in [2.24, 2.45) is 0 Å². The van der Waals surface area contributed by atoms with Gasteiger partial charge in [-0.3, -0.25) is 4.79 Å². The topological polar surface area (TPSA) is 107 Å². The Morgan fingerprint density at radius 3 is 2.53 bits per heavy atom. The van der Waals surface area contributed by atoms with Gasteiger partial charge in [-0.15, -0.1) is 0 Å². The van der Waals surface area contributed by atoms with E-state index >= 15 is 0 Å². The number of thioether (sulfide) groups is 1. The van der Waals surface area contributed by atoms with Crippen molar-refractivity contribution in [2.45, 2.75) is 49.1 Å². The number of rotatable bonds is 4. The van der Waals surface area contributed by atoms with Crippen LogP contribution in [-0.2, 0) is 4.79 Å². The summed E-state index contributed by atoms with van der Waals surface area (Å²) in [6, 6.07) is 1.82. The molecule has 0 spiro atoms. The van der Waals surface area contributed by atoms with Crippen molar-refractivity contribution in [2.75, 3.05) is 11.5 Å². The van der Waals surface area contributed by atoms with Crippen molar-refractivity contribution in [3.63, 3.8) is 0 Å². The highest BCUT2D eigenvalue weighted by atomic mass is 32.2. The summed E-state index contributed by atoms with van der Waals surface area (Å²) in [7, 11) is 0. The first-order valence-corrected chi connectivity index (χ1v) is 7.29. The number of amides is 1. The van der Waals surface area contributed by atoms with E-state index in [1.807, 2.05) is 6.92 Å². The van der Waals surface area contributed by atoms with Crippen LogP contribution in [0, 0.1) is 0 Å². The van der Waals surface area contributed by atoms with E-state index in [1.165, 1.54) is 30.7 Å². The van der Waals surface area contributed by atoms with Gasteiger partial charge in [0.25, 0.3) is 0 Å². The molecule has 1 saturated carbocycles. The van der Waals surface area contributed by atoms with E-state index in [0.717, 1.165) is 12.8 Å². The van der Waals surface area contributed by atoms with Gasteiger partial charge < -0.3 is 16.8 Å². The normalized spacial score (nSPS) is 17.3. The summed E-state index contributed by atoms with van der Waals surface area (Å²) >= 11 is 1.27. The molecule has 0 aromatic carbocycles. The second-order valence-electron chi connectivity index (χ2n) is 4.75. The molecule has 1 aliphatic rings. The lowest BCUT2D eigenvalue weighted by molar-refractivity contribution is -0.120. The Balaban J connectivity index is 1.91. The molecule has 5 N–H and O–H groups in total. The fourth-order valence-electron chi connectivity index (χ4n) is 2.11. The molecule has 19 heavy (non-hydrogen) atoms. The zero-order chi connectivity index (χ0) is 13.8. The van der Waals surface area contributed by atoms with E-state index in [-0.39, 0.29) is 11.2 Å². The lowest BCUT2D eigenvalue weighted by Crippen LogP contribution is -2.37. The molecule has 0 bridgehead atoms. The first-order valence-electron chi connectivity index (χ1n) is 6.41. The monoisotopic (exact) mass is 281 g/mol. The van der Waals surface area contributed by atoms with Gasteiger partial charge in [-0.25, -0.2) is 9.97 Å². The maximum atomic E-state index is 12.0. The SMILES string of the molecule is CC(Sc1nc(N)cc(N)n1)C(=O)NC1CCCC1. The van der Waals surface area contributed by atoms with Crippen molar-refractivity contribution in [1.82, 2.24) is 15.3 Å². The molecule has 1 aromatic rings. The number of aromatic nitrogens is 2. The van der Waals surface area contributed by atoms with E-state index in [4.69, 9.17) is 11.5 Å². The minimum atomic E-state index is -0.262. The molecule has 1 aliphatic carbocycles. The van der Waals surface area contributed by atoms with Gasteiger partial charge in [0.15, 0.2) is 5.16 Å². The van der Waals surface area contributed by atoms with Gasteiger partial charge in [-0.1, -0.05) is 24.6 Å². The Bertz CT molecular complexity index is 441. The number of nitrogen functional groups attached to an aromatic ring is 2. The maximum absolute atomic E-state index is 12.0. The molecule has 2 rings (SSSR count). The Morgan fingerprint density at radius 2 is 1.95 bits per heavy atom. The van der Waals surface area contributed by atoms with Crippen LogP contribution in [0.3, 0.4) is 0 Å². The molecule has 0 aliphatic heterocycles. The number of nitrogens with zero attached hydrogens (tertiary/aromatic N) is 2. The third kappa shape index (κ3) is 3.99. The van der Waals surface area contributed by atoms with Gasteiger partial charge in [-0.2, -0.15) is 0 Å². The second-order valence-corrected chi connectivity index (χ2v) is 6.06. The molecule has 1 heterocycles. The van der Waals surface area contributed by atoms with Crippen molar-refractivity contribution in [3.05, 3.63) is 6.07 Å². The lowest BCUT2D eigenvalue weighted by Gasteiger charge is -2.15. The molecule has 0 saturated heterocycles. The van der Waals surface area contributed by atoms with Crippen molar-refractivity contribution in [3.8, 4) is 0 Å². The summed E-state index contributed by atoms with van der Waals surface area (Å²) in [4.78, 5) is 20.1. The Labute approximate surface area is 116 Å². The van der Waals surface area contributed by atoms with Crippen LogP contribution in [-0.4, -0.2) is 27.2 Å². The largest absolute Gasteiger partial charge is 0.383 e. The average Bonchev–Trinajstić information content (AvgIpc) is 2.80. The number of nitrogens with two attached hydrogens (primary N) is 2. The molecule has 1 amide bonds. The highest BCUT2D eigenvalue weighted by Crippen LogP contribution is 2.23. The van der Waals surface area contributed by atoms with Crippen LogP contribution in [0.15, 0.2) is 11.2 Å². The highest BCUT2D eigenvalue weighted by Gasteiger charge is 2.22. The number of anilines is 2. The second kappa shape index (κ2) is 6.10. The number of hydrogen-bond acceptors (Lipinski definition) is 6. The van der Waals surface area contributed by atoms with Crippen LogP contribution in [0.5, 0.6) is 0 Å². The molecule has 1 atom stereocenters. The Morgan fingerprint density at radius 1 is 1.37 bits per heavy atom. The Kier molecular flexibility index (Phi) is 4.47. The number of nitrogens with one attached hydrogen (secondary N) is 1. The lowest BCUT2D eigenvalue weighted by atomic mass is 10.2. The quantitative estimate of drug-likeness (QED) is 0.565. The molecule has 7 heteroatoms. The van der Waals surface area contributed by atoms with Crippen LogP contribution in [0.25, 0.3) is 0 Å². The molecule has 0 radical (unpaired) electrons. The van der Waals surface area contributed by atoms with Crippen LogP contribution < -0.4 is 16.8 Å². The van der Waals surface area contributed by atoms with Crippen LogP contribution in [0.2, 0.25) is 0 Å². The highest BCUT2D eigenvalue weighted by molar-refractivity contribution is 8.00. The predicted octanol–water partition coefficient (Wildman–Crippen LogP) is 1.18. The summed E-state index contributed by atoms with van der Waals surface area (Å²) < 4.78 is 0. The third-order valence-corrected chi connectivity index (χ3v) is 4.06. The van der Waals surface area contributed by atoms with E-state index in [9.17, 15) is 4.79 Å². The van der Waals surface area contributed by atoms with E-state index in [2.05, 4.69) is 15.3 Å². The molecule has 104 valence electrons. The van der Waals surface area contributed by atoms with Crippen molar-refractivity contribution in [1.29, 1.82) is 0 Å². The molecule has 6 nitrogen and oxygen atoms in total. The molecular formula is C12H19N5OS. The fourth-order valence-corrected chi connectivity index (χ4v) is 2.92. The molecular weight excluding hydrogens is 262 g/mol. The molecule has 1 aromatic heterocycles. The Hall–Kier alpha value is -1.50. The number of hydrogen-bond donors (Lipinski definition) is 3. The van der Waals surface area contributed by atoms with Crippen LogP contribution >= 0.6 is 11.8 Å². The summed E-state index contributed by atoms with van der Waals surface area (Å²) in [6.07, 6.45) is 4.54. The predicted molar refractivity (Wildman–Crippen MR) is 76.6 cm³/mol. The standard InChI is InChI=1S/C12H19N5OS/c1-7(11(18)15-8-4-2-3-5-8)19-12-16-9(13)6-10(14)17-12/h6-8H,2-5H2,1H3,(H,15,18)(H4,13,14,16,17). The van der Waals surface area contributed by atoms with Gasteiger partial charge >= 0.3 is 0 Å². The molecule has 1 unspecified atom stereocenters. The maximum Gasteiger partial charge on any atom is 0.233 e. The zero-order valence-electron chi connectivity index (χ0n) is 10.9. The third-order valence-electron chi connectivity index (χ3n) is 3.10. The summed E-state index contributed by atoms with van der Waals surface area (Å²) in [5.41, 5.74) is 11.2. The number of carbonyl (C=O) groups is 1. The van der Waals surface area contributed by atoms with Crippen LogP contribution in [0.1, 0.15) is 32.6 Å². The zero-order valence-corrected chi connectivity index (χ0v) is 11.7.